The highest BCUT2D eigenvalue weighted by Crippen LogP contribution is 2.16. The SMILES string of the molecule is C=CCN(CC=C)CC(=O)Nc1ccc(OCCc2ccccc2)cc1. The van der Waals surface area contributed by atoms with Gasteiger partial charge in [0.05, 0.1) is 13.2 Å². The Balaban J connectivity index is 1.78. The quantitative estimate of drug-likeness (QED) is 0.625. The van der Waals surface area contributed by atoms with E-state index >= 15 is 0 Å². The third-order valence-corrected chi connectivity index (χ3v) is 3.78. The molecule has 4 nitrogen and oxygen atoms in total. The van der Waals surface area contributed by atoms with E-state index in [0.29, 0.717) is 26.2 Å². The minimum atomic E-state index is -0.0635. The number of nitrogens with zero attached hydrogens (tertiary/aromatic N) is 1. The third kappa shape index (κ3) is 6.95. The molecule has 0 radical (unpaired) electrons. The van der Waals surface area contributed by atoms with Crippen LogP contribution in [0.2, 0.25) is 0 Å². The Morgan fingerprint density at radius 2 is 1.65 bits per heavy atom. The van der Waals surface area contributed by atoms with E-state index in [1.165, 1.54) is 5.56 Å². The molecule has 0 aliphatic heterocycles. The highest BCUT2D eigenvalue weighted by Gasteiger charge is 2.08. The van der Waals surface area contributed by atoms with Gasteiger partial charge in [0.2, 0.25) is 5.91 Å². The number of amides is 1. The van der Waals surface area contributed by atoms with Crippen molar-refractivity contribution < 1.29 is 9.53 Å². The van der Waals surface area contributed by atoms with Gasteiger partial charge in [-0.3, -0.25) is 9.69 Å². The van der Waals surface area contributed by atoms with Crippen LogP contribution in [0.15, 0.2) is 79.9 Å². The first-order valence-corrected chi connectivity index (χ1v) is 8.72. The van der Waals surface area contributed by atoms with Crippen molar-refractivity contribution in [3.05, 3.63) is 85.5 Å². The maximum absolute atomic E-state index is 12.1. The molecule has 0 unspecified atom stereocenters. The van der Waals surface area contributed by atoms with Crippen LogP contribution in [0.4, 0.5) is 5.69 Å². The topological polar surface area (TPSA) is 41.6 Å². The summed E-state index contributed by atoms with van der Waals surface area (Å²) < 4.78 is 5.76. The summed E-state index contributed by atoms with van der Waals surface area (Å²) in [6.07, 6.45) is 4.42. The third-order valence-electron chi connectivity index (χ3n) is 3.78. The molecule has 0 aliphatic rings. The Morgan fingerprint density at radius 1 is 1.00 bits per heavy atom. The summed E-state index contributed by atoms with van der Waals surface area (Å²) in [5.74, 6) is 0.727. The van der Waals surface area contributed by atoms with E-state index in [4.69, 9.17) is 4.74 Å². The predicted molar refractivity (Wildman–Crippen MR) is 108 cm³/mol. The predicted octanol–water partition coefficient (Wildman–Crippen LogP) is 3.92. The number of carbonyl (C=O) groups excluding carboxylic acids is 1. The minimum absolute atomic E-state index is 0.0635. The number of ether oxygens (including phenoxy) is 1. The molecule has 136 valence electrons. The van der Waals surface area contributed by atoms with Crippen molar-refractivity contribution in [1.29, 1.82) is 0 Å². The van der Waals surface area contributed by atoms with E-state index in [9.17, 15) is 4.79 Å². The van der Waals surface area contributed by atoms with E-state index in [1.54, 1.807) is 12.2 Å². The van der Waals surface area contributed by atoms with Gasteiger partial charge < -0.3 is 10.1 Å². The monoisotopic (exact) mass is 350 g/mol. The van der Waals surface area contributed by atoms with E-state index < -0.39 is 0 Å². The van der Waals surface area contributed by atoms with Gasteiger partial charge >= 0.3 is 0 Å². The molecule has 26 heavy (non-hydrogen) atoms. The second kappa shape index (κ2) is 10.9. The molecule has 0 aromatic heterocycles. The molecule has 2 aromatic carbocycles. The van der Waals surface area contributed by atoms with Crippen molar-refractivity contribution >= 4 is 11.6 Å². The van der Waals surface area contributed by atoms with Crippen LogP contribution in [-0.2, 0) is 11.2 Å². The largest absolute Gasteiger partial charge is 0.493 e. The van der Waals surface area contributed by atoms with Crippen molar-refractivity contribution in [2.24, 2.45) is 0 Å². The molecule has 1 amide bonds. The molecule has 0 bridgehead atoms. The number of carbonyl (C=O) groups is 1. The van der Waals surface area contributed by atoms with Gasteiger partial charge in [0.25, 0.3) is 0 Å². The van der Waals surface area contributed by atoms with Crippen molar-refractivity contribution in [3.8, 4) is 5.75 Å². The molecule has 4 heteroatoms. The normalized spacial score (nSPS) is 10.3. The molecule has 0 atom stereocenters. The lowest BCUT2D eigenvalue weighted by molar-refractivity contribution is -0.117. The highest BCUT2D eigenvalue weighted by atomic mass is 16.5. The summed E-state index contributed by atoms with van der Waals surface area (Å²) in [5, 5.41) is 2.89. The molecular formula is C22H26N2O2. The van der Waals surface area contributed by atoms with E-state index in [1.807, 2.05) is 47.4 Å². The zero-order valence-corrected chi connectivity index (χ0v) is 15.1. The van der Waals surface area contributed by atoms with Crippen LogP contribution >= 0.6 is 0 Å². The number of benzene rings is 2. The summed E-state index contributed by atoms with van der Waals surface area (Å²) >= 11 is 0. The molecule has 0 heterocycles. The lowest BCUT2D eigenvalue weighted by Crippen LogP contribution is -2.33. The van der Waals surface area contributed by atoms with Gasteiger partial charge in [-0.2, -0.15) is 0 Å². The van der Waals surface area contributed by atoms with Gasteiger partial charge in [-0.05, 0) is 29.8 Å². The summed E-state index contributed by atoms with van der Waals surface area (Å²) in [6.45, 7) is 9.62. The number of hydrogen-bond donors (Lipinski definition) is 1. The number of nitrogens with one attached hydrogen (secondary N) is 1. The molecule has 0 saturated heterocycles. The summed E-state index contributed by atoms with van der Waals surface area (Å²) in [6, 6.07) is 17.7. The van der Waals surface area contributed by atoms with Crippen LogP contribution in [0.3, 0.4) is 0 Å². The zero-order valence-electron chi connectivity index (χ0n) is 15.1. The molecule has 2 aromatic rings. The zero-order chi connectivity index (χ0) is 18.6. The van der Waals surface area contributed by atoms with Crippen molar-refractivity contribution in [2.45, 2.75) is 6.42 Å². The minimum Gasteiger partial charge on any atom is -0.493 e. The lowest BCUT2D eigenvalue weighted by Gasteiger charge is -2.18. The smallest absolute Gasteiger partial charge is 0.238 e. The average Bonchev–Trinajstić information content (AvgIpc) is 2.64. The molecule has 0 aliphatic carbocycles. The molecule has 0 saturated carbocycles. The lowest BCUT2D eigenvalue weighted by atomic mass is 10.2. The van der Waals surface area contributed by atoms with Gasteiger partial charge in [-0.1, -0.05) is 42.5 Å². The van der Waals surface area contributed by atoms with Crippen LogP contribution in [0.1, 0.15) is 5.56 Å². The number of rotatable bonds is 11. The Labute approximate surface area is 155 Å². The Bertz CT molecular complexity index is 686. The van der Waals surface area contributed by atoms with Gasteiger partial charge in [-0.15, -0.1) is 13.2 Å². The van der Waals surface area contributed by atoms with Gasteiger partial charge in [0.15, 0.2) is 0 Å². The Hall–Kier alpha value is -2.85. The maximum atomic E-state index is 12.1. The fourth-order valence-electron chi connectivity index (χ4n) is 2.54. The van der Waals surface area contributed by atoms with Crippen LogP contribution in [0, 0.1) is 0 Å². The summed E-state index contributed by atoms with van der Waals surface area (Å²) in [5.41, 5.74) is 2.00. The molecule has 0 spiro atoms. The summed E-state index contributed by atoms with van der Waals surface area (Å²) in [4.78, 5) is 14.1. The second-order valence-electron chi connectivity index (χ2n) is 5.93. The maximum Gasteiger partial charge on any atom is 0.238 e. The van der Waals surface area contributed by atoms with E-state index in [2.05, 4.69) is 30.6 Å². The van der Waals surface area contributed by atoms with Gasteiger partial charge in [0, 0.05) is 25.2 Å². The first-order valence-electron chi connectivity index (χ1n) is 8.72. The van der Waals surface area contributed by atoms with Crippen LogP contribution in [-0.4, -0.2) is 37.0 Å². The number of hydrogen-bond acceptors (Lipinski definition) is 3. The second-order valence-corrected chi connectivity index (χ2v) is 5.93. The van der Waals surface area contributed by atoms with E-state index in [-0.39, 0.29) is 5.91 Å². The van der Waals surface area contributed by atoms with Crippen LogP contribution in [0.25, 0.3) is 0 Å². The van der Waals surface area contributed by atoms with Crippen LogP contribution < -0.4 is 10.1 Å². The average molecular weight is 350 g/mol. The van der Waals surface area contributed by atoms with Crippen molar-refractivity contribution in [3.63, 3.8) is 0 Å². The first-order chi connectivity index (χ1) is 12.7. The fraction of sp³-hybridized carbons (Fsp3) is 0.227. The van der Waals surface area contributed by atoms with E-state index in [0.717, 1.165) is 17.9 Å². The van der Waals surface area contributed by atoms with Gasteiger partial charge in [-0.25, -0.2) is 0 Å². The van der Waals surface area contributed by atoms with Gasteiger partial charge in [0.1, 0.15) is 5.75 Å². The Morgan fingerprint density at radius 3 is 2.27 bits per heavy atom. The standard InChI is InChI=1S/C22H26N2O2/c1-3-15-24(16-4-2)18-22(25)23-20-10-12-21(13-11-20)26-17-14-19-8-6-5-7-9-19/h3-13H,1-2,14-18H2,(H,23,25). The molecule has 2 rings (SSSR count). The Kier molecular flexibility index (Phi) is 8.16. The van der Waals surface area contributed by atoms with Crippen LogP contribution in [0.5, 0.6) is 5.75 Å². The molecule has 0 fully saturated rings. The highest BCUT2D eigenvalue weighted by molar-refractivity contribution is 5.92. The first kappa shape index (κ1) is 19.5. The number of anilines is 1. The van der Waals surface area contributed by atoms with Crippen molar-refractivity contribution in [2.75, 3.05) is 31.6 Å². The molecule has 1 N–H and O–H groups in total. The van der Waals surface area contributed by atoms with Crippen molar-refractivity contribution in [1.82, 2.24) is 4.90 Å². The fourth-order valence-corrected chi connectivity index (χ4v) is 2.54. The summed E-state index contributed by atoms with van der Waals surface area (Å²) in [7, 11) is 0. The molecular weight excluding hydrogens is 324 g/mol.